The number of fused-ring (bicyclic) bond motifs is 1. The molecule has 1 aliphatic rings. The number of nitrogens with one attached hydrogen (secondary N) is 1. The largest absolute Gasteiger partial charge is 0.327 e. The lowest BCUT2D eigenvalue weighted by Gasteiger charge is -2.23. The van der Waals surface area contributed by atoms with E-state index in [2.05, 4.69) is 10.3 Å². The molecule has 0 saturated carbocycles. The fourth-order valence-electron chi connectivity index (χ4n) is 2.69. The number of carbonyl (C=O) groups is 1. The number of thiazole rings is 1. The highest BCUT2D eigenvalue weighted by molar-refractivity contribution is 7.15. The summed E-state index contributed by atoms with van der Waals surface area (Å²) in [5.41, 5.74) is 7.50. The van der Waals surface area contributed by atoms with Crippen molar-refractivity contribution in [2.24, 2.45) is 5.73 Å². The number of anilines is 1. The Morgan fingerprint density at radius 3 is 2.82 bits per heavy atom. The first-order valence-electron chi connectivity index (χ1n) is 7.58. The van der Waals surface area contributed by atoms with Gasteiger partial charge in [-0.1, -0.05) is 30.3 Å². The summed E-state index contributed by atoms with van der Waals surface area (Å²) in [6.07, 6.45) is 2.75. The summed E-state index contributed by atoms with van der Waals surface area (Å²) >= 11 is 1.56. The van der Waals surface area contributed by atoms with Gasteiger partial charge < -0.3 is 11.1 Å². The van der Waals surface area contributed by atoms with E-state index in [-0.39, 0.29) is 11.9 Å². The summed E-state index contributed by atoms with van der Waals surface area (Å²) < 4.78 is 0. The van der Waals surface area contributed by atoms with E-state index >= 15 is 0 Å². The molecule has 1 aromatic heterocycles. The van der Waals surface area contributed by atoms with Gasteiger partial charge in [0.2, 0.25) is 5.91 Å². The fourth-order valence-corrected chi connectivity index (χ4v) is 3.79. The van der Waals surface area contributed by atoms with Gasteiger partial charge in [-0.05, 0) is 38.7 Å². The molecule has 1 amide bonds. The molecule has 5 heteroatoms. The molecule has 0 fully saturated rings. The first-order chi connectivity index (χ1) is 10.5. The molecule has 116 valence electrons. The molecule has 1 aliphatic carbocycles. The summed E-state index contributed by atoms with van der Waals surface area (Å²) in [5, 5.41) is 3.67. The number of nitrogens with zero attached hydrogens (tertiary/aromatic N) is 1. The monoisotopic (exact) mass is 315 g/mol. The molecule has 22 heavy (non-hydrogen) atoms. The predicted molar refractivity (Wildman–Crippen MR) is 90.2 cm³/mol. The average molecular weight is 315 g/mol. The van der Waals surface area contributed by atoms with Crippen LogP contribution in [0.3, 0.4) is 0 Å². The minimum Gasteiger partial charge on any atom is -0.327 e. The predicted octanol–water partition coefficient (Wildman–Crippen LogP) is 2.88. The normalized spacial score (nSPS) is 17.9. The van der Waals surface area contributed by atoms with Gasteiger partial charge in [-0.3, -0.25) is 4.79 Å². The van der Waals surface area contributed by atoms with Crippen LogP contribution in [0.25, 0.3) is 0 Å². The topological polar surface area (TPSA) is 68.0 Å². The van der Waals surface area contributed by atoms with E-state index < -0.39 is 5.41 Å². The molecular weight excluding hydrogens is 294 g/mol. The van der Waals surface area contributed by atoms with Crippen LogP contribution in [0.2, 0.25) is 0 Å². The number of hydrogen-bond donors (Lipinski definition) is 2. The van der Waals surface area contributed by atoms with Gasteiger partial charge in [-0.15, -0.1) is 11.3 Å². The standard InChI is InChI=1S/C17H21N3OS/c1-17(2,11-6-4-3-5-7-11)15(21)20-16-19-13-9-8-12(18)10-14(13)22-16/h3-7,12H,8-10,18H2,1-2H3,(H,19,20,21)/t12-/m0/s1. The Bertz CT molecular complexity index is 678. The maximum Gasteiger partial charge on any atom is 0.236 e. The fraction of sp³-hybridized carbons (Fsp3) is 0.412. The highest BCUT2D eigenvalue weighted by Crippen LogP contribution is 2.31. The second-order valence-electron chi connectivity index (χ2n) is 6.34. The summed E-state index contributed by atoms with van der Waals surface area (Å²) in [4.78, 5) is 18.4. The number of benzene rings is 1. The molecule has 4 nitrogen and oxygen atoms in total. The van der Waals surface area contributed by atoms with Crippen molar-refractivity contribution in [3.63, 3.8) is 0 Å². The van der Waals surface area contributed by atoms with Crippen molar-refractivity contribution in [2.75, 3.05) is 5.32 Å². The zero-order valence-electron chi connectivity index (χ0n) is 12.9. The first-order valence-corrected chi connectivity index (χ1v) is 8.39. The second kappa shape index (κ2) is 5.82. The first kappa shape index (κ1) is 15.2. The molecule has 3 N–H and O–H groups in total. The Morgan fingerprint density at radius 1 is 1.36 bits per heavy atom. The van der Waals surface area contributed by atoms with E-state index in [4.69, 9.17) is 5.73 Å². The Kier molecular flexibility index (Phi) is 4.02. The van der Waals surface area contributed by atoms with Crippen molar-refractivity contribution < 1.29 is 4.79 Å². The SMILES string of the molecule is CC(C)(C(=O)Nc1nc2c(s1)C[C@@H](N)CC2)c1ccccc1. The van der Waals surface area contributed by atoms with Gasteiger partial charge in [0.25, 0.3) is 0 Å². The Morgan fingerprint density at radius 2 is 2.09 bits per heavy atom. The van der Waals surface area contributed by atoms with Crippen LogP contribution in [0.5, 0.6) is 0 Å². The molecule has 2 aromatic rings. The molecule has 0 bridgehead atoms. The molecule has 3 rings (SSSR count). The number of aryl methyl sites for hydroxylation is 1. The highest BCUT2D eigenvalue weighted by atomic mass is 32.1. The maximum absolute atomic E-state index is 12.6. The van der Waals surface area contributed by atoms with Gasteiger partial charge in [0, 0.05) is 10.9 Å². The molecule has 1 heterocycles. The van der Waals surface area contributed by atoms with E-state index in [1.54, 1.807) is 11.3 Å². The molecule has 1 atom stereocenters. The van der Waals surface area contributed by atoms with Crippen molar-refractivity contribution >= 4 is 22.4 Å². The molecule has 1 aromatic carbocycles. The lowest BCUT2D eigenvalue weighted by atomic mass is 9.84. The highest BCUT2D eigenvalue weighted by Gasteiger charge is 2.31. The number of rotatable bonds is 3. The maximum atomic E-state index is 12.6. The lowest BCUT2D eigenvalue weighted by Crippen LogP contribution is -2.34. The zero-order chi connectivity index (χ0) is 15.7. The van der Waals surface area contributed by atoms with Crippen LogP contribution >= 0.6 is 11.3 Å². The lowest BCUT2D eigenvalue weighted by molar-refractivity contribution is -0.120. The van der Waals surface area contributed by atoms with E-state index in [0.29, 0.717) is 5.13 Å². The van der Waals surface area contributed by atoms with Gasteiger partial charge in [-0.2, -0.15) is 0 Å². The van der Waals surface area contributed by atoms with E-state index in [1.165, 1.54) is 4.88 Å². The third-order valence-electron chi connectivity index (χ3n) is 4.26. The van der Waals surface area contributed by atoms with Gasteiger partial charge >= 0.3 is 0 Å². The van der Waals surface area contributed by atoms with Crippen molar-refractivity contribution in [3.05, 3.63) is 46.5 Å². The number of amides is 1. The van der Waals surface area contributed by atoms with Crippen molar-refractivity contribution in [1.29, 1.82) is 0 Å². The van der Waals surface area contributed by atoms with Crippen LogP contribution in [-0.2, 0) is 23.1 Å². The number of carbonyl (C=O) groups excluding carboxylic acids is 1. The average Bonchev–Trinajstić information content (AvgIpc) is 2.89. The van der Waals surface area contributed by atoms with Gasteiger partial charge in [-0.25, -0.2) is 4.98 Å². The van der Waals surface area contributed by atoms with Crippen molar-refractivity contribution in [1.82, 2.24) is 4.98 Å². The van der Waals surface area contributed by atoms with Crippen LogP contribution in [0, 0.1) is 0 Å². The molecule has 0 saturated heterocycles. The summed E-state index contributed by atoms with van der Waals surface area (Å²) in [5.74, 6) is -0.0332. The number of nitrogens with two attached hydrogens (primary N) is 1. The van der Waals surface area contributed by atoms with Crippen LogP contribution < -0.4 is 11.1 Å². The smallest absolute Gasteiger partial charge is 0.236 e. The van der Waals surface area contributed by atoms with Gasteiger partial charge in [0.15, 0.2) is 5.13 Å². The van der Waals surface area contributed by atoms with Crippen LogP contribution in [-0.4, -0.2) is 16.9 Å². The third kappa shape index (κ3) is 2.91. The number of aromatic nitrogens is 1. The molecular formula is C17H21N3OS. The van der Waals surface area contributed by atoms with Crippen LogP contribution in [0.1, 0.15) is 36.4 Å². The summed E-state index contributed by atoms with van der Waals surface area (Å²) in [6.45, 7) is 3.86. The van der Waals surface area contributed by atoms with E-state index in [1.807, 2.05) is 44.2 Å². The Balaban J connectivity index is 1.77. The minimum absolute atomic E-state index is 0.0332. The van der Waals surface area contributed by atoms with Crippen LogP contribution in [0.4, 0.5) is 5.13 Å². The van der Waals surface area contributed by atoms with Gasteiger partial charge in [0.1, 0.15) is 0 Å². The van der Waals surface area contributed by atoms with E-state index in [9.17, 15) is 4.79 Å². The zero-order valence-corrected chi connectivity index (χ0v) is 13.7. The van der Waals surface area contributed by atoms with Crippen molar-refractivity contribution in [2.45, 2.75) is 44.6 Å². The Labute approximate surface area is 134 Å². The minimum atomic E-state index is -0.593. The third-order valence-corrected chi connectivity index (χ3v) is 5.30. The summed E-state index contributed by atoms with van der Waals surface area (Å²) in [6, 6.07) is 10.0. The quantitative estimate of drug-likeness (QED) is 0.915. The summed E-state index contributed by atoms with van der Waals surface area (Å²) in [7, 11) is 0. The van der Waals surface area contributed by atoms with Gasteiger partial charge in [0.05, 0.1) is 11.1 Å². The van der Waals surface area contributed by atoms with Crippen LogP contribution in [0.15, 0.2) is 30.3 Å². The van der Waals surface area contributed by atoms with Crippen molar-refractivity contribution in [3.8, 4) is 0 Å². The molecule has 0 radical (unpaired) electrons. The van der Waals surface area contributed by atoms with E-state index in [0.717, 1.165) is 30.5 Å². The number of hydrogen-bond acceptors (Lipinski definition) is 4. The molecule has 0 spiro atoms. The Hall–Kier alpha value is -1.72. The molecule has 0 aliphatic heterocycles. The molecule has 0 unspecified atom stereocenters. The second-order valence-corrected chi connectivity index (χ2v) is 7.42.